The zero-order valence-electron chi connectivity index (χ0n) is 13.0. The van der Waals surface area contributed by atoms with Crippen LogP contribution in [0.25, 0.3) is 0 Å². The van der Waals surface area contributed by atoms with Crippen molar-refractivity contribution in [3.05, 3.63) is 69.8 Å². The molecule has 2 rings (SSSR count). The minimum absolute atomic E-state index is 0.0834. The molecule has 0 aliphatic rings. The molecule has 132 valence electrons. The number of para-hydroxylation sites is 1. The predicted octanol–water partition coefficient (Wildman–Crippen LogP) is 4.44. The summed E-state index contributed by atoms with van der Waals surface area (Å²) < 4.78 is -1.85. The summed E-state index contributed by atoms with van der Waals surface area (Å²) in [6.07, 6.45) is -1.05. The van der Waals surface area contributed by atoms with Crippen molar-refractivity contribution < 1.29 is 9.72 Å². The standard InChI is InChI=1S/C16H14Cl3N3O3/c1-10-5-2-3-8-13(10)20-15(16(17,18)19)21-14(23)11-6-4-7-12(9-11)22(24)25/h2-9,15,20H,1H3,(H,21,23). The van der Waals surface area contributed by atoms with E-state index in [0.717, 1.165) is 11.6 Å². The highest BCUT2D eigenvalue weighted by Crippen LogP contribution is 2.32. The molecule has 2 N–H and O–H groups in total. The number of carbonyl (C=O) groups excluding carboxylic acids is 1. The Hall–Kier alpha value is -2.02. The summed E-state index contributed by atoms with van der Waals surface area (Å²) in [6, 6.07) is 12.6. The van der Waals surface area contributed by atoms with Gasteiger partial charge < -0.3 is 10.6 Å². The lowest BCUT2D eigenvalue weighted by Crippen LogP contribution is -2.49. The first-order valence-electron chi connectivity index (χ1n) is 7.12. The van der Waals surface area contributed by atoms with E-state index in [9.17, 15) is 14.9 Å². The Balaban J connectivity index is 2.23. The molecule has 0 aliphatic carbocycles. The van der Waals surface area contributed by atoms with Crippen LogP contribution in [-0.4, -0.2) is 20.8 Å². The van der Waals surface area contributed by atoms with Crippen LogP contribution in [0.4, 0.5) is 11.4 Å². The minimum atomic E-state index is -1.85. The van der Waals surface area contributed by atoms with E-state index in [-0.39, 0.29) is 11.3 Å². The second-order valence-electron chi connectivity index (χ2n) is 5.21. The number of nitrogens with one attached hydrogen (secondary N) is 2. The molecule has 6 nitrogen and oxygen atoms in total. The van der Waals surface area contributed by atoms with Gasteiger partial charge in [-0.05, 0) is 24.6 Å². The molecule has 0 radical (unpaired) electrons. The lowest BCUT2D eigenvalue weighted by atomic mass is 10.2. The summed E-state index contributed by atoms with van der Waals surface area (Å²) in [6.45, 7) is 1.86. The summed E-state index contributed by atoms with van der Waals surface area (Å²) >= 11 is 17.9. The van der Waals surface area contributed by atoms with Crippen LogP contribution in [0.15, 0.2) is 48.5 Å². The largest absolute Gasteiger partial charge is 0.362 e. The molecule has 2 aromatic rings. The highest BCUT2D eigenvalue weighted by molar-refractivity contribution is 6.68. The molecule has 0 fully saturated rings. The molecule has 0 aliphatic heterocycles. The Morgan fingerprint density at radius 1 is 1.16 bits per heavy atom. The Kier molecular flexibility index (Phi) is 6.11. The van der Waals surface area contributed by atoms with Crippen LogP contribution in [0.1, 0.15) is 15.9 Å². The normalized spacial score (nSPS) is 12.3. The number of hydrogen-bond donors (Lipinski definition) is 2. The van der Waals surface area contributed by atoms with Gasteiger partial charge in [-0.25, -0.2) is 0 Å². The molecule has 0 aromatic heterocycles. The van der Waals surface area contributed by atoms with Gasteiger partial charge in [-0.15, -0.1) is 0 Å². The van der Waals surface area contributed by atoms with E-state index in [4.69, 9.17) is 34.8 Å². The number of non-ortho nitro benzene ring substituents is 1. The number of nitro benzene ring substituents is 1. The molecular weight excluding hydrogens is 389 g/mol. The number of halogens is 3. The second kappa shape index (κ2) is 7.91. The van der Waals surface area contributed by atoms with Gasteiger partial charge in [-0.2, -0.15) is 0 Å². The van der Waals surface area contributed by atoms with Crippen LogP contribution in [-0.2, 0) is 0 Å². The quantitative estimate of drug-likeness (QED) is 0.335. The third-order valence-electron chi connectivity index (χ3n) is 3.37. The van der Waals surface area contributed by atoms with Crippen molar-refractivity contribution in [1.82, 2.24) is 5.32 Å². The summed E-state index contributed by atoms with van der Waals surface area (Å²) in [7, 11) is 0. The number of aryl methyl sites for hydroxylation is 1. The maximum Gasteiger partial charge on any atom is 0.270 e. The number of alkyl halides is 3. The zero-order chi connectivity index (χ0) is 18.6. The van der Waals surface area contributed by atoms with Gasteiger partial charge in [0, 0.05) is 23.4 Å². The van der Waals surface area contributed by atoms with Gasteiger partial charge >= 0.3 is 0 Å². The van der Waals surface area contributed by atoms with Gasteiger partial charge in [0.15, 0.2) is 0 Å². The van der Waals surface area contributed by atoms with E-state index in [0.29, 0.717) is 5.69 Å². The number of nitro groups is 1. The highest BCUT2D eigenvalue weighted by atomic mass is 35.6. The lowest BCUT2D eigenvalue weighted by molar-refractivity contribution is -0.384. The maximum absolute atomic E-state index is 12.4. The number of hydrogen-bond acceptors (Lipinski definition) is 4. The van der Waals surface area contributed by atoms with Crippen molar-refractivity contribution in [3.63, 3.8) is 0 Å². The molecule has 0 saturated carbocycles. The molecule has 0 heterocycles. The molecule has 1 atom stereocenters. The second-order valence-corrected chi connectivity index (χ2v) is 7.58. The molecule has 2 aromatic carbocycles. The van der Waals surface area contributed by atoms with Gasteiger partial charge in [0.25, 0.3) is 11.6 Å². The fraction of sp³-hybridized carbons (Fsp3) is 0.188. The summed E-state index contributed by atoms with van der Waals surface area (Å²) in [5.74, 6) is -0.610. The van der Waals surface area contributed by atoms with Crippen LogP contribution in [0.5, 0.6) is 0 Å². The maximum atomic E-state index is 12.4. The molecule has 1 amide bonds. The topological polar surface area (TPSA) is 84.3 Å². The average Bonchev–Trinajstić information content (AvgIpc) is 2.55. The summed E-state index contributed by atoms with van der Waals surface area (Å²) in [5.41, 5.74) is 1.45. The number of anilines is 1. The molecule has 1 unspecified atom stereocenters. The SMILES string of the molecule is Cc1ccccc1NC(NC(=O)c1cccc([N+](=O)[O-])c1)C(Cl)(Cl)Cl. The van der Waals surface area contributed by atoms with Gasteiger partial charge in [0.1, 0.15) is 6.17 Å². The Morgan fingerprint density at radius 3 is 2.44 bits per heavy atom. The van der Waals surface area contributed by atoms with E-state index in [1.54, 1.807) is 12.1 Å². The zero-order valence-corrected chi connectivity index (χ0v) is 15.3. The van der Waals surface area contributed by atoms with E-state index in [2.05, 4.69) is 10.6 Å². The average molecular weight is 403 g/mol. The molecule has 0 saturated heterocycles. The first-order chi connectivity index (χ1) is 11.7. The number of rotatable bonds is 5. The first kappa shape index (κ1) is 19.3. The van der Waals surface area contributed by atoms with Crippen LogP contribution >= 0.6 is 34.8 Å². The van der Waals surface area contributed by atoms with Crippen molar-refractivity contribution in [2.24, 2.45) is 0 Å². The van der Waals surface area contributed by atoms with E-state index < -0.39 is 20.8 Å². The Labute approximate surface area is 159 Å². The van der Waals surface area contributed by atoms with Crippen molar-refractivity contribution >= 4 is 52.1 Å². The van der Waals surface area contributed by atoms with Crippen LogP contribution in [0, 0.1) is 17.0 Å². The first-order valence-corrected chi connectivity index (χ1v) is 8.26. The summed E-state index contributed by atoms with van der Waals surface area (Å²) in [5, 5.41) is 16.3. The van der Waals surface area contributed by atoms with E-state index in [1.807, 2.05) is 19.1 Å². The fourth-order valence-corrected chi connectivity index (χ4v) is 2.39. The summed E-state index contributed by atoms with van der Waals surface area (Å²) in [4.78, 5) is 22.6. The van der Waals surface area contributed by atoms with Crippen LogP contribution in [0.2, 0.25) is 0 Å². The van der Waals surface area contributed by atoms with Crippen LogP contribution in [0.3, 0.4) is 0 Å². The lowest BCUT2D eigenvalue weighted by Gasteiger charge is -2.28. The minimum Gasteiger partial charge on any atom is -0.362 e. The van der Waals surface area contributed by atoms with Crippen molar-refractivity contribution in [2.75, 3.05) is 5.32 Å². The highest BCUT2D eigenvalue weighted by Gasteiger charge is 2.34. The Morgan fingerprint density at radius 2 is 1.84 bits per heavy atom. The van der Waals surface area contributed by atoms with Gasteiger partial charge in [0.05, 0.1) is 4.92 Å². The smallest absolute Gasteiger partial charge is 0.270 e. The number of benzene rings is 2. The van der Waals surface area contributed by atoms with Gasteiger partial charge in [-0.3, -0.25) is 14.9 Å². The van der Waals surface area contributed by atoms with Crippen molar-refractivity contribution in [1.29, 1.82) is 0 Å². The van der Waals surface area contributed by atoms with E-state index in [1.165, 1.54) is 18.2 Å². The Bertz CT molecular complexity index is 793. The monoisotopic (exact) mass is 401 g/mol. The number of amides is 1. The molecule has 9 heteroatoms. The molecule has 0 spiro atoms. The van der Waals surface area contributed by atoms with E-state index >= 15 is 0 Å². The molecule has 0 bridgehead atoms. The molecular formula is C16H14Cl3N3O3. The number of nitrogens with zero attached hydrogens (tertiary/aromatic N) is 1. The van der Waals surface area contributed by atoms with Gasteiger partial charge in [-0.1, -0.05) is 59.1 Å². The third-order valence-corrected chi connectivity index (χ3v) is 4.02. The predicted molar refractivity (Wildman–Crippen MR) is 99.4 cm³/mol. The van der Waals surface area contributed by atoms with Crippen molar-refractivity contribution in [2.45, 2.75) is 16.9 Å². The number of carbonyl (C=O) groups is 1. The molecule has 25 heavy (non-hydrogen) atoms. The van der Waals surface area contributed by atoms with Crippen molar-refractivity contribution in [3.8, 4) is 0 Å². The van der Waals surface area contributed by atoms with Gasteiger partial charge in [0.2, 0.25) is 3.79 Å². The third kappa shape index (κ3) is 5.22. The van der Waals surface area contributed by atoms with Crippen LogP contribution < -0.4 is 10.6 Å². The fourth-order valence-electron chi connectivity index (χ4n) is 2.07.